The Labute approximate surface area is 95.6 Å². The van der Waals surface area contributed by atoms with Gasteiger partial charge in [0.1, 0.15) is 0 Å². The molecule has 0 saturated carbocycles. The third-order valence-electron chi connectivity index (χ3n) is 2.17. The van der Waals surface area contributed by atoms with Gasteiger partial charge in [0.25, 0.3) is 0 Å². The van der Waals surface area contributed by atoms with Gasteiger partial charge in [-0.1, -0.05) is 6.92 Å². The molecule has 0 amide bonds. The van der Waals surface area contributed by atoms with Gasteiger partial charge in [0.15, 0.2) is 0 Å². The van der Waals surface area contributed by atoms with Gasteiger partial charge < -0.3 is 5.11 Å². The Morgan fingerprint density at radius 3 is 2.69 bits per heavy atom. The van der Waals surface area contributed by atoms with Crippen molar-refractivity contribution in [2.45, 2.75) is 26.0 Å². The fourth-order valence-corrected chi connectivity index (χ4v) is 2.25. The van der Waals surface area contributed by atoms with Crippen molar-refractivity contribution >= 4 is 10.0 Å². The summed E-state index contributed by atoms with van der Waals surface area (Å²) in [5.41, 5.74) is 1.44. The molecule has 0 aromatic carbocycles. The zero-order valence-corrected chi connectivity index (χ0v) is 10.2. The number of aliphatic hydroxyl groups excluding tert-OH is 1. The second-order valence-electron chi connectivity index (χ2n) is 3.64. The number of aromatic nitrogens is 1. The first-order chi connectivity index (χ1) is 7.46. The van der Waals surface area contributed by atoms with Gasteiger partial charge in [0, 0.05) is 18.4 Å². The quantitative estimate of drug-likeness (QED) is 0.794. The van der Waals surface area contributed by atoms with E-state index in [2.05, 4.69) is 9.71 Å². The molecule has 0 spiro atoms. The van der Waals surface area contributed by atoms with E-state index in [4.69, 9.17) is 5.11 Å². The number of hydrogen-bond acceptors (Lipinski definition) is 4. The molecule has 2 N–H and O–H groups in total. The molecular weight excluding hydrogens is 228 g/mol. The molecule has 1 rings (SSSR count). The molecular formula is C10H16N2O3S. The summed E-state index contributed by atoms with van der Waals surface area (Å²) in [7, 11) is -3.24. The highest BCUT2D eigenvalue weighted by atomic mass is 32.2. The smallest absolute Gasteiger partial charge is 0.209 e. The van der Waals surface area contributed by atoms with E-state index in [1.807, 2.05) is 6.92 Å². The number of sulfonamides is 1. The van der Waals surface area contributed by atoms with Crippen molar-refractivity contribution in [2.75, 3.05) is 6.26 Å². The van der Waals surface area contributed by atoms with Crippen LogP contribution >= 0.6 is 0 Å². The fourth-order valence-electron chi connectivity index (χ4n) is 1.43. The van der Waals surface area contributed by atoms with Crippen LogP contribution < -0.4 is 4.72 Å². The van der Waals surface area contributed by atoms with Gasteiger partial charge in [-0.3, -0.25) is 4.98 Å². The summed E-state index contributed by atoms with van der Waals surface area (Å²) in [5.74, 6) is 0. The van der Waals surface area contributed by atoms with Crippen molar-refractivity contribution < 1.29 is 13.5 Å². The van der Waals surface area contributed by atoms with E-state index < -0.39 is 10.0 Å². The van der Waals surface area contributed by atoms with Gasteiger partial charge >= 0.3 is 0 Å². The van der Waals surface area contributed by atoms with Crippen LogP contribution in [0, 0.1) is 0 Å². The van der Waals surface area contributed by atoms with E-state index in [1.54, 1.807) is 18.5 Å². The molecule has 0 aliphatic heterocycles. The first-order valence-corrected chi connectivity index (χ1v) is 6.87. The first-order valence-electron chi connectivity index (χ1n) is 4.98. The first kappa shape index (κ1) is 13.1. The van der Waals surface area contributed by atoms with Crippen molar-refractivity contribution in [3.63, 3.8) is 0 Å². The van der Waals surface area contributed by atoms with Gasteiger partial charge in [-0.05, 0) is 23.6 Å². The average Bonchev–Trinajstić information content (AvgIpc) is 2.25. The van der Waals surface area contributed by atoms with Crippen LogP contribution in [0.1, 0.15) is 30.5 Å². The van der Waals surface area contributed by atoms with E-state index >= 15 is 0 Å². The Bertz CT molecular complexity index is 445. The van der Waals surface area contributed by atoms with Crippen LogP contribution in [0.2, 0.25) is 0 Å². The molecule has 90 valence electrons. The Morgan fingerprint density at radius 2 is 2.19 bits per heavy atom. The number of aliphatic hydroxyl groups is 1. The molecule has 5 nitrogen and oxygen atoms in total. The van der Waals surface area contributed by atoms with Gasteiger partial charge in [0.05, 0.1) is 12.9 Å². The van der Waals surface area contributed by atoms with Gasteiger partial charge in [0.2, 0.25) is 10.0 Å². The highest BCUT2D eigenvalue weighted by Gasteiger charge is 2.14. The third-order valence-corrected chi connectivity index (χ3v) is 2.88. The largest absolute Gasteiger partial charge is 0.392 e. The second kappa shape index (κ2) is 5.38. The average molecular weight is 244 g/mol. The van der Waals surface area contributed by atoms with E-state index in [9.17, 15) is 8.42 Å². The SMILES string of the molecule is CCC(NS(C)(=O)=O)c1cncc(CO)c1. The fraction of sp³-hybridized carbons (Fsp3) is 0.500. The van der Waals surface area contributed by atoms with Crippen molar-refractivity contribution in [2.24, 2.45) is 0 Å². The van der Waals surface area contributed by atoms with Crippen LogP contribution in [0.25, 0.3) is 0 Å². The molecule has 0 aliphatic carbocycles. The van der Waals surface area contributed by atoms with Crippen LogP contribution in [0.4, 0.5) is 0 Å². The summed E-state index contributed by atoms with van der Waals surface area (Å²) in [5, 5.41) is 8.97. The molecule has 6 heteroatoms. The normalized spacial score (nSPS) is 13.7. The molecule has 0 saturated heterocycles. The Hall–Kier alpha value is -0.980. The zero-order chi connectivity index (χ0) is 12.2. The van der Waals surface area contributed by atoms with Crippen LogP contribution in [0.5, 0.6) is 0 Å². The summed E-state index contributed by atoms with van der Waals surface area (Å²) >= 11 is 0. The lowest BCUT2D eigenvalue weighted by molar-refractivity contribution is 0.281. The maximum Gasteiger partial charge on any atom is 0.209 e. The van der Waals surface area contributed by atoms with Crippen molar-refractivity contribution in [3.8, 4) is 0 Å². The monoisotopic (exact) mass is 244 g/mol. The van der Waals surface area contributed by atoms with E-state index in [1.165, 1.54) is 0 Å². The van der Waals surface area contributed by atoms with Crippen molar-refractivity contribution in [3.05, 3.63) is 29.6 Å². The van der Waals surface area contributed by atoms with Crippen molar-refractivity contribution in [1.29, 1.82) is 0 Å². The van der Waals surface area contributed by atoms with Gasteiger partial charge in [-0.2, -0.15) is 0 Å². The topological polar surface area (TPSA) is 79.3 Å². The minimum atomic E-state index is -3.24. The summed E-state index contributed by atoms with van der Waals surface area (Å²) in [6, 6.07) is 1.45. The molecule has 0 fully saturated rings. The van der Waals surface area contributed by atoms with Gasteiger partial charge in [-0.25, -0.2) is 13.1 Å². The lowest BCUT2D eigenvalue weighted by Gasteiger charge is -2.15. The Morgan fingerprint density at radius 1 is 1.50 bits per heavy atom. The van der Waals surface area contributed by atoms with E-state index in [0.29, 0.717) is 12.0 Å². The number of nitrogens with zero attached hydrogens (tertiary/aromatic N) is 1. The zero-order valence-electron chi connectivity index (χ0n) is 9.34. The lowest BCUT2D eigenvalue weighted by Crippen LogP contribution is -2.27. The predicted molar refractivity (Wildman–Crippen MR) is 61.2 cm³/mol. The minimum absolute atomic E-state index is 0.101. The minimum Gasteiger partial charge on any atom is -0.392 e. The molecule has 1 heterocycles. The maximum atomic E-state index is 11.1. The van der Waals surface area contributed by atoms with Crippen LogP contribution in [-0.4, -0.2) is 24.8 Å². The summed E-state index contributed by atoms with van der Waals surface area (Å²) in [4.78, 5) is 3.96. The Balaban J connectivity index is 2.94. The molecule has 16 heavy (non-hydrogen) atoms. The summed E-state index contributed by atoms with van der Waals surface area (Å²) in [6.07, 6.45) is 4.91. The number of nitrogens with one attached hydrogen (secondary N) is 1. The highest BCUT2D eigenvalue weighted by molar-refractivity contribution is 7.88. The standard InChI is InChI=1S/C10H16N2O3S/c1-3-10(12-16(2,14)15)9-4-8(7-13)5-11-6-9/h4-6,10,12-13H,3,7H2,1-2H3. The number of rotatable bonds is 5. The van der Waals surface area contributed by atoms with Gasteiger partial charge in [-0.15, -0.1) is 0 Å². The second-order valence-corrected chi connectivity index (χ2v) is 5.42. The van der Waals surface area contributed by atoms with E-state index in [-0.39, 0.29) is 12.6 Å². The van der Waals surface area contributed by atoms with Crippen molar-refractivity contribution in [1.82, 2.24) is 9.71 Å². The summed E-state index contributed by atoms with van der Waals surface area (Å²) in [6.45, 7) is 1.78. The van der Waals surface area contributed by atoms with Crippen LogP contribution in [-0.2, 0) is 16.6 Å². The maximum absolute atomic E-state index is 11.1. The third kappa shape index (κ3) is 3.88. The van der Waals surface area contributed by atoms with E-state index in [0.717, 1.165) is 11.8 Å². The summed E-state index contributed by atoms with van der Waals surface area (Å²) < 4.78 is 24.8. The molecule has 0 aliphatic rings. The molecule has 0 radical (unpaired) electrons. The van der Waals surface area contributed by atoms with Crippen LogP contribution in [0.15, 0.2) is 18.5 Å². The number of hydrogen-bond donors (Lipinski definition) is 2. The molecule has 1 unspecified atom stereocenters. The lowest BCUT2D eigenvalue weighted by atomic mass is 10.1. The molecule has 1 aromatic rings. The van der Waals surface area contributed by atoms with Crippen LogP contribution in [0.3, 0.4) is 0 Å². The molecule has 1 atom stereocenters. The number of pyridine rings is 1. The Kier molecular flexibility index (Phi) is 4.40. The molecule has 1 aromatic heterocycles. The predicted octanol–water partition coefficient (Wildman–Crippen LogP) is 0.574. The highest BCUT2D eigenvalue weighted by Crippen LogP contribution is 2.17. The molecule has 0 bridgehead atoms.